The molecule has 0 saturated heterocycles. The van der Waals surface area contributed by atoms with Crippen LogP contribution in [0.5, 0.6) is 0 Å². The van der Waals surface area contributed by atoms with Gasteiger partial charge in [0.05, 0.1) is 6.34 Å². The van der Waals surface area contributed by atoms with Gasteiger partial charge in [-0.25, -0.2) is 0 Å². The molecule has 1 aliphatic heterocycles. The fourth-order valence-electron chi connectivity index (χ4n) is 0.692. The van der Waals surface area contributed by atoms with Crippen LogP contribution in [0.25, 0.3) is 0 Å². The van der Waals surface area contributed by atoms with Crippen LogP contribution in [0, 0.1) is 0 Å². The molecule has 9 heavy (non-hydrogen) atoms. The first-order chi connectivity index (χ1) is 4.20. The van der Waals surface area contributed by atoms with Crippen LogP contribution in [0.1, 0.15) is 0 Å². The second kappa shape index (κ2) is 2.35. The molecule has 0 aromatic carbocycles. The summed E-state index contributed by atoms with van der Waals surface area (Å²) in [6.07, 6.45) is 1.62. The van der Waals surface area contributed by atoms with Crippen LogP contribution in [0.4, 0.5) is 0 Å². The Morgan fingerprint density at radius 1 is 2.00 bits per heavy atom. The van der Waals surface area contributed by atoms with Crippen LogP contribution in [0.15, 0.2) is 4.99 Å². The Kier molecular flexibility index (Phi) is 1.71. The van der Waals surface area contributed by atoms with Crippen molar-refractivity contribution >= 4 is 23.2 Å². The Hall–Kier alpha value is -0.570. The maximum absolute atomic E-state index is 10.4. The van der Waals surface area contributed by atoms with E-state index in [9.17, 15) is 4.79 Å². The number of carbonyl (C=O) groups is 1. The van der Waals surface area contributed by atoms with Gasteiger partial charge in [0, 0.05) is 13.6 Å². The molecule has 0 fully saturated rings. The monoisotopic (exact) mass is 146 g/mol. The number of rotatable bonds is 1. The zero-order chi connectivity index (χ0) is 6.85. The van der Waals surface area contributed by atoms with Crippen molar-refractivity contribution in [2.75, 3.05) is 13.6 Å². The van der Waals surface area contributed by atoms with Gasteiger partial charge in [0.15, 0.2) is 0 Å². The van der Waals surface area contributed by atoms with E-state index in [2.05, 4.69) is 4.99 Å². The summed E-state index contributed by atoms with van der Waals surface area (Å²) in [5, 5.41) is -0.379. The van der Waals surface area contributed by atoms with Gasteiger partial charge in [0.1, 0.15) is 6.04 Å². The minimum atomic E-state index is -0.379. The molecule has 1 unspecified atom stereocenters. The third-order valence-electron chi connectivity index (χ3n) is 1.17. The molecule has 50 valence electrons. The van der Waals surface area contributed by atoms with Crippen molar-refractivity contribution in [3.63, 3.8) is 0 Å². The molecular weight excluding hydrogens is 140 g/mol. The highest BCUT2D eigenvalue weighted by molar-refractivity contribution is 6.64. The van der Waals surface area contributed by atoms with E-state index in [-0.39, 0.29) is 11.3 Å². The van der Waals surface area contributed by atoms with Gasteiger partial charge in [-0.15, -0.1) is 0 Å². The van der Waals surface area contributed by atoms with Gasteiger partial charge in [0.25, 0.3) is 0 Å². The third-order valence-corrected chi connectivity index (χ3v) is 1.42. The van der Waals surface area contributed by atoms with Gasteiger partial charge in [-0.3, -0.25) is 9.79 Å². The average Bonchev–Trinajstić information content (AvgIpc) is 2.14. The minimum Gasteiger partial charge on any atom is -0.363 e. The minimum absolute atomic E-state index is 0.336. The predicted molar refractivity (Wildman–Crippen MR) is 35.8 cm³/mol. The van der Waals surface area contributed by atoms with Crippen molar-refractivity contribution in [3.05, 3.63) is 0 Å². The molecule has 0 amide bonds. The van der Waals surface area contributed by atoms with Gasteiger partial charge in [-0.05, 0) is 11.6 Å². The molecule has 0 aromatic heterocycles. The zero-order valence-corrected chi connectivity index (χ0v) is 5.80. The topological polar surface area (TPSA) is 32.7 Å². The first-order valence-electron chi connectivity index (χ1n) is 2.63. The van der Waals surface area contributed by atoms with E-state index >= 15 is 0 Å². The van der Waals surface area contributed by atoms with E-state index in [0.29, 0.717) is 6.54 Å². The SMILES string of the molecule is CN1C=NC(C(=O)Cl)C1. The highest BCUT2D eigenvalue weighted by atomic mass is 35.5. The lowest BCUT2D eigenvalue weighted by molar-refractivity contribution is -0.112. The van der Waals surface area contributed by atoms with Gasteiger partial charge in [0.2, 0.25) is 5.24 Å². The Morgan fingerprint density at radius 3 is 2.89 bits per heavy atom. The molecule has 4 heteroatoms. The van der Waals surface area contributed by atoms with Crippen molar-refractivity contribution in [1.82, 2.24) is 4.90 Å². The van der Waals surface area contributed by atoms with E-state index in [4.69, 9.17) is 11.6 Å². The van der Waals surface area contributed by atoms with E-state index in [1.165, 1.54) is 0 Å². The van der Waals surface area contributed by atoms with Crippen molar-refractivity contribution < 1.29 is 4.79 Å². The summed E-state index contributed by atoms with van der Waals surface area (Å²) in [5.41, 5.74) is 0. The number of carbonyl (C=O) groups excluding carboxylic acids is 1. The molecule has 0 aromatic rings. The van der Waals surface area contributed by atoms with E-state index < -0.39 is 0 Å². The average molecular weight is 147 g/mol. The van der Waals surface area contributed by atoms with E-state index in [1.807, 2.05) is 11.9 Å². The second-order valence-corrected chi connectivity index (χ2v) is 2.40. The Bertz CT molecular complexity index is 157. The fraction of sp³-hybridized carbons (Fsp3) is 0.600. The molecule has 0 radical (unpaired) electrons. The number of aliphatic imine (C=N–C) groups is 1. The highest BCUT2D eigenvalue weighted by Crippen LogP contribution is 2.03. The fourth-order valence-corrected chi connectivity index (χ4v) is 0.817. The van der Waals surface area contributed by atoms with Crippen LogP contribution < -0.4 is 0 Å². The summed E-state index contributed by atoms with van der Waals surface area (Å²) in [4.78, 5) is 16.1. The maximum atomic E-state index is 10.4. The van der Waals surface area contributed by atoms with Crippen LogP contribution in [0.3, 0.4) is 0 Å². The molecule has 0 N–H and O–H groups in total. The van der Waals surface area contributed by atoms with E-state index in [0.717, 1.165) is 0 Å². The summed E-state index contributed by atoms with van der Waals surface area (Å²) in [6.45, 7) is 0.613. The predicted octanol–water partition coefficient (Wildman–Crippen LogP) is 0.0941. The molecular formula is C5H7ClN2O. The van der Waals surface area contributed by atoms with Crippen LogP contribution >= 0.6 is 11.6 Å². The van der Waals surface area contributed by atoms with Crippen molar-refractivity contribution in [2.24, 2.45) is 4.99 Å². The maximum Gasteiger partial charge on any atom is 0.248 e. The van der Waals surface area contributed by atoms with Gasteiger partial charge >= 0.3 is 0 Å². The highest BCUT2D eigenvalue weighted by Gasteiger charge is 2.19. The van der Waals surface area contributed by atoms with Gasteiger partial charge in [-0.1, -0.05) is 0 Å². The normalized spacial score (nSPS) is 25.1. The lowest BCUT2D eigenvalue weighted by Crippen LogP contribution is -2.22. The number of likely N-dealkylation sites (N-methyl/N-ethyl adjacent to an activating group) is 1. The molecule has 1 atom stereocenters. The second-order valence-electron chi connectivity index (χ2n) is 2.02. The first kappa shape index (κ1) is 6.55. The lowest BCUT2D eigenvalue weighted by atomic mass is 10.3. The largest absolute Gasteiger partial charge is 0.363 e. The Balaban J connectivity index is 2.50. The van der Waals surface area contributed by atoms with Crippen molar-refractivity contribution in [1.29, 1.82) is 0 Å². The molecule has 1 heterocycles. The molecule has 0 spiro atoms. The number of hydrogen-bond acceptors (Lipinski definition) is 3. The lowest BCUT2D eigenvalue weighted by Gasteiger charge is -2.04. The smallest absolute Gasteiger partial charge is 0.248 e. The molecule has 0 aliphatic carbocycles. The zero-order valence-electron chi connectivity index (χ0n) is 5.04. The summed E-state index contributed by atoms with van der Waals surface area (Å²) < 4.78 is 0. The molecule has 1 aliphatic rings. The number of halogens is 1. The Morgan fingerprint density at radius 2 is 2.67 bits per heavy atom. The first-order valence-corrected chi connectivity index (χ1v) is 3.01. The molecule has 3 nitrogen and oxygen atoms in total. The third kappa shape index (κ3) is 1.42. The van der Waals surface area contributed by atoms with Crippen LogP contribution in [0.2, 0.25) is 0 Å². The quantitative estimate of drug-likeness (QED) is 0.492. The summed E-state index contributed by atoms with van der Waals surface area (Å²) in [7, 11) is 1.85. The summed E-state index contributed by atoms with van der Waals surface area (Å²) in [5.74, 6) is 0. The molecule has 1 rings (SSSR count). The van der Waals surface area contributed by atoms with E-state index in [1.54, 1.807) is 6.34 Å². The molecule has 0 bridgehead atoms. The van der Waals surface area contributed by atoms with Gasteiger partial charge in [-0.2, -0.15) is 0 Å². The standard InChI is InChI=1S/C5H7ClN2O/c1-8-2-4(5(6)9)7-3-8/h3-4H,2H2,1H3. The van der Waals surface area contributed by atoms with Crippen molar-refractivity contribution in [3.8, 4) is 0 Å². The number of nitrogens with zero attached hydrogens (tertiary/aromatic N) is 2. The Labute approximate surface area is 58.3 Å². The van der Waals surface area contributed by atoms with Crippen LogP contribution in [-0.4, -0.2) is 36.1 Å². The summed E-state index contributed by atoms with van der Waals surface area (Å²) >= 11 is 5.17. The van der Waals surface area contributed by atoms with Crippen LogP contribution in [-0.2, 0) is 4.79 Å². The van der Waals surface area contributed by atoms with Crippen molar-refractivity contribution in [2.45, 2.75) is 6.04 Å². The number of hydrogen-bond donors (Lipinski definition) is 0. The summed E-state index contributed by atoms with van der Waals surface area (Å²) in [6, 6.07) is -0.336. The van der Waals surface area contributed by atoms with Gasteiger partial charge < -0.3 is 4.90 Å². The molecule has 0 saturated carbocycles.